The van der Waals surface area contributed by atoms with E-state index in [2.05, 4.69) is 15.5 Å². The van der Waals surface area contributed by atoms with E-state index in [9.17, 15) is 9.90 Å². The molecule has 0 atom stereocenters. The van der Waals surface area contributed by atoms with Crippen molar-refractivity contribution in [2.24, 2.45) is 0 Å². The van der Waals surface area contributed by atoms with Gasteiger partial charge in [-0.3, -0.25) is 5.32 Å². The Morgan fingerprint density at radius 2 is 2.04 bits per heavy atom. The number of carbonyl (C=O) groups excluding carboxylic acids is 1. The SMILES string of the molecule is Cc1noc(-c2ccc(O)cn2)c1NC(=O)OCc1ccccc1. The molecule has 122 valence electrons. The monoisotopic (exact) mass is 325 g/mol. The Morgan fingerprint density at radius 1 is 1.25 bits per heavy atom. The Kier molecular flexibility index (Phi) is 4.42. The molecular weight excluding hydrogens is 310 g/mol. The standard InChI is InChI=1S/C17H15N3O4/c1-11-15(16(24-20-11)14-8-7-13(21)9-18-14)19-17(22)23-10-12-5-3-2-4-6-12/h2-9,21H,10H2,1H3,(H,19,22). The largest absolute Gasteiger partial charge is 0.506 e. The molecule has 0 bridgehead atoms. The topological polar surface area (TPSA) is 97.5 Å². The van der Waals surface area contributed by atoms with Crippen LogP contribution in [0.3, 0.4) is 0 Å². The van der Waals surface area contributed by atoms with Crippen LogP contribution < -0.4 is 5.32 Å². The van der Waals surface area contributed by atoms with Crippen LogP contribution >= 0.6 is 0 Å². The van der Waals surface area contributed by atoms with Crippen molar-refractivity contribution in [1.29, 1.82) is 0 Å². The normalized spacial score (nSPS) is 10.4. The van der Waals surface area contributed by atoms with E-state index in [1.807, 2.05) is 30.3 Å². The second-order valence-corrected chi connectivity index (χ2v) is 5.06. The van der Waals surface area contributed by atoms with Crippen LogP contribution in [0.15, 0.2) is 53.2 Å². The number of amides is 1. The number of anilines is 1. The molecule has 2 heterocycles. The van der Waals surface area contributed by atoms with Crippen molar-refractivity contribution in [1.82, 2.24) is 10.1 Å². The molecule has 0 saturated carbocycles. The van der Waals surface area contributed by atoms with Crippen LogP contribution in [-0.4, -0.2) is 21.3 Å². The van der Waals surface area contributed by atoms with E-state index in [-0.39, 0.29) is 12.4 Å². The lowest BCUT2D eigenvalue weighted by Gasteiger charge is -2.07. The predicted octanol–water partition coefficient (Wildman–Crippen LogP) is 3.50. The number of hydrogen-bond acceptors (Lipinski definition) is 6. The van der Waals surface area contributed by atoms with Crippen LogP contribution in [0.4, 0.5) is 10.5 Å². The first kappa shape index (κ1) is 15.5. The average Bonchev–Trinajstić information content (AvgIpc) is 2.95. The summed E-state index contributed by atoms with van der Waals surface area (Å²) in [5, 5.41) is 15.8. The summed E-state index contributed by atoms with van der Waals surface area (Å²) in [6.45, 7) is 1.85. The molecule has 0 saturated heterocycles. The van der Waals surface area contributed by atoms with Crippen LogP contribution in [0.1, 0.15) is 11.3 Å². The van der Waals surface area contributed by atoms with Crippen molar-refractivity contribution in [3.8, 4) is 17.2 Å². The van der Waals surface area contributed by atoms with E-state index in [0.717, 1.165) is 5.56 Å². The van der Waals surface area contributed by atoms with Crippen molar-refractivity contribution in [2.75, 3.05) is 5.32 Å². The number of benzene rings is 1. The first-order valence-electron chi connectivity index (χ1n) is 7.23. The zero-order chi connectivity index (χ0) is 16.9. The summed E-state index contributed by atoms with van der Waals surface area (Å²) >= 11 is 0. The first-order valence-corrected chi connectivity index (χ1v) is 7.23. The van der Waals surface area contributed by atoms with Crippen LogP contribution in [0.5, 0.6) is 5.75 Å². The fraction of sp³-hybridized carbons (Fsp3) is 0.118. The Bertz CT molecular complexity index is 829. The zero-order valence-corrected chi connectivity index (χ0v) is 12.9. The Labute approximate surface area is 137 Å². The van der Waals surface area contributed by atoms with Crippen LogP contribution in [0.2, 0.25) is 0 Å². The lowest BCUT2D eigenvalue weighted by molar-refractivity contribution is 0.155. The molecule has 0 aliphatic rings. The summed E-state index contributed by atoms with van der Waals surface area (Å²) in [5.74, 6) is 0.330. The number of aryl methyl sites for hydroxylation is 1. The molecule has 0 aliphatic heterocycles. The van der Waals surface area contributed by atoms with E-state index in [1.165, 1.54) is 12.3 Å². The van der Waals surface area contributed by atoms with Gasteiger partial charge in [-0.25, -0.2) is 9.78 Å². The Hall–Kier alpha value is -3.35. The lowest BCUT2D eigenvalue weighted by Crippen LogP contribution is -2.14. The summed E-state index contributed by atoms with van der Waals surface area (Å²) in [6.07, 6.45) is 0.662. The number of aromatic hydroxyl groups is 1. The van der Waals surface area contributed by atoms with Gasteiger partial charge in [-0.15, -0.1) is 0 Å². The quantitative estimate of drug-likeness (QED) is 0.762. The number of pyridine rings is 1. The third kappa shape index (κ3) is 3.52. The fourth-order valence-corrected chi connectivity index (χ4v) is 2.07. The summed E-state index contributed by atoms with van der Waals surface area (Å²) < 4.78 is 10.4. The van der Waals surface area contributed by atoms with E-state index in [0.29, 0.717) is 22.8 Å². The Balaban J connectivity index is 1.72. The molecule has 3 rings (SSSR count). The summed E-state index contributed by atoms with van der Waals surface area (Å²) in [6, 6.07) is 12.4. The van der Waals surface area contributed by atoms with Crippen molar-refractivity contribution in [3.63, 3.8) is 0 Å². The van der Waals surface area contributed by atoms with Crippen LogP contribution in [0, 0.1) is 6.92 Å². The van der Waals surface area contributed by atoms with Gasteiger partial charge in [-0.05, 0) is 24.6 Å². The van der Waals surface area contributed by atoms with Gasteiger partial charge in [0.25, 0.3) is 0 Å². The molecule has 0 radical (unpaired) electrons. The van der Waals surface area contributed by atoms with Gasteiger partial charge in [-0.2, -0.15) is 0 Å². The van der Waals surface area contributed by atoms with Crippen molar-refractivity contribution in [2.45, 2.75) is 13.5 Å². The van der Waals surface area contributed by atoms with E-state index >= 15 is 0 Å². The van der Waals surface area contributed by atoms with E-state index < -0.39 is 6.09 Å². The number of nitrogens with one attached hydrogen (secondary N) is 1. The summed E-state index contributed by atoms with van der Waals surface area (Å²) in [5.41, 5.74) is 2.20. The highest BCUT2D eigenvalue weighted by Crippen LogP contribution is 2.30. The molecule has 1 amide bonds. The van der Waals surface area contributed by atoms with Gasteiger partial charge in [0.05, 0.1) is 6.20 Å². The molecular formula is C17H15N3O4. The number of hydrogen-bond donors (Lipinski definition) is 2. The van der Waals surface area contributed by atoms with Crippen molar-refractivity contribution >= 4 is 11.8 Å². The van der Waals surface area contributed by atoms with Gasteiger partial charge in [0.15, 0.2) is 0 Å². The minimum Gasteiger partial charge on any atom is -0.506 e. The zero-order valence-electron chi connectivity index (χ0n) is 12.9. The highest BCUT2D eigenvalue weighted by molar-refractivity contribution is 5.90. The molecule has 2 N–H and O–H groups in total. The molecule has 7 nitrogen and oxygen atoms in total. The third-order valence-electron chi connectivity index (χ3n) is 3.28. The smallest absolute Gasteiger partial charge is 0.412 e. The average molecular weight is 325 g/mol. The number of carbonyl (C=O) groups is 1. The van der Waals surface area contributed by atoms with E-state index in [1.54, 1.807) is 13.0 Å². The Morgan fingerprint density at radius 3 is 2.75 bits per heavy atom. The minimum absolute atomic E-state index is 0.0340. The highest BCUT2D eigenvalue weighted by atomic mass is 16.5. The molecule has 7 heteroatoms. The number of aromatic nitrogens is 2. The first-order chi connectivity index (χ1) is 11.6. The van der Waals surface area contributed by atoms with Gasteiger partial charge in [0, 0.05) is 0 Å². The molecule has 3 aromatic rings. The van der Waals surface area contributed by atoms with Crippen molar-refractivity contribution in [3.05, 3.63) is 59.9 Å². The maximum absolute atomic E-state index is 12.0. The third-order valence-corrected chi connectivity index (χ3v) is 3.28. The van der Waals surface area contributed by atoms with Gasteiger partial charge in [0.2, 0.25) is 5.76 Å². The molecule has 0 spiro atoms. The maximum atomic E-state index is 12.0. The lowest BCUT2D eigenvalue weighted by atomic mass is 10.2. The number of nitrogens with zero attached hydrogens (tertiary/aromatic N) is 2. The highest BCUT2D eigenvalue weighted by Gasteiger charge is 2.19. The van der Waals surface area contributed by atoms with Crippen LogP contribution in [0.25, 0.3) is 11.5 Å². The molecule has 0 unspecified atom stereocenters. The van der Waals surface area contributed by atoms with Crippen molar-refractivity contribution < 1.29 is 19.2 Å². The molecule has 24 heavy (non-hydrogen) atoms. The molecule has 1 aromatic carbocycles. The van der Waals surface area contributed by atoms with Gasteiger partial charge < -0.3 is 14.4 Å². The second kappa shape index (κ2) is 6.82. The molecule has 0 fully saturated rings. The molecule has 0 aliphatic carbocycles. The van der Waals surface area contributed by atoms with E-state index in [4.69, 9.17) is 9.26 Å². The molecule has 2 aromatic heterocycles. The van der Waals surface area contributed by atoms with Gasteiger partial charge in [-0.1, -0.05) is 35.5 Å². The van der Waals surface area contributed by atoms with Gasteiger partial charge >= 0.3 is 6.09 Å². The summed E-state index contributed by atoms with van der Waals surface area (Å²) in [4.78, 5) is 16.1. The predicted molar refractivity (Wildman–Crippen MR) is 86.4 cm³/mol. The van der Waals surface area contributed by atoms with Gasteiger partial charge in [0.1, 0.15) is 29.4 Å². The van der Waals surface area contributed by atoms with Crippen LogP contribution in [-0.2, 0) is 11.3 Å². The number of ether oxygens (including phenoxy) is 1. The maximum Gasteiger partial charge on any atom is 0.412 e. The fourth-order valence-electron chi connectivity index (χ4n) is 2.07. The minimum atomic E-state index is -0.620. The second-order valence-electron chi connectivity index (χ2n) is 5.06. The summed E-state index contributed by atoms with van der Waals surface area (Å²) in [7, 11) is 0. The number of rotatable bonds is 4.